The molecule has 0 spiro atoms. The van der Waals surface area contributed by atoms with E-state index in [2.05, 4.69) is 0 Å². The zero-order valence-corrected chi connectivity index (χ0v) is 12.1. The van der Waals surface area contributed by atoms with Crippen molar-refractivity contribution >= 4 is 27.3 Å². The number of hydrogen-bond donors (Lipinski definition) is 1. The molecule has 1 aromatic carbocycles. The predicted molar refractivity (Wildman–Crippen MR) is 73.0 cm³/mol. The molecule has 0 unspecified atom stereocenters. The molecule has 0 heterocycles. The lowest BCUT2D eigenvalue weighted by Gasteiger charge is -2.21. The molecule has 4 nitrogen and oxygen atoms in total. The maximum absolute atomic E-state index is 13.9. The number of rotatable bonds is 5. The number of hydrogen-bond acceptors (Lipinski definition) is 3. The molecule has 1 saturated carbocycles. The molecule has 1 aliphatic rings. The number of halogens is 2. The molecule has 0 saturated heterocycles. The van der Waals surface area contributed by atoms with E-state index in [1.165, 1.54) is 10.4 Å². The zero-order chi connectivity index (χ0) is 14.2. The summed E-state index contributed by atoms with van der Waals surface area (Å²) in [6.45, 7) is 2.45. The summed E-state index contributed by atoms with van der Waals surface area (Å²) in [4.78, 5) is -0.444. The van der Waals surface area contributed by atoms with Crippen LogP contribution in [0.25, 0.3) is 0 Å². The van der Waals surface area contributed by atoms with Crippen LogP contribution in [0.5, 0.6) is 0 Å². The van der Waals surface area contributed by atoms with Gasteiger partial charge in [0.05, 0.1) is 5.69 Å². The van der Waals surface area contributed by atoms with Crippen LogP contribution in [-0.2, 0) is 10.0 Å². The van der Waals surface area contributed by atoms with E-state index >= 15 is 0 Å². The fourth-order valence-corrected chi connectivity index (χ4v) is 3.83. The van der Waals surface area contributed by atoms with Gasteiger partial charge in [-0.3, -0.25) is 0 Å². The van der Waals surface area contributed by atoms with Gasteiger partial charge in [-0.1, -0.05) is 18.5 Å². The highest BCUT2D eigenvalue weighted by molar-refractivity contribution is 7.89. The summed E-state index contributed by atoms with van der Waals surface area (Å²) >= 11 is 5.76. The second-order valence-electron chi connectivity index (χ2n) is 4.71. The maximum atomic E-state index is 13.9. The molecule has 0 amide bonds. The van der Waals surface area contributed by atoms with Gasteiger partial charge in [0.2, 0.25) is 10.0 Å². The summed E-state index contributed by atoms with van der Waals surface area (Å²) in [7, 11) is -3.89. The van der Waals surface area contributed by atoms with Crippen LogP contribution in [-0.4, -0.2) is 25.8 Å². The second-order valence-corrected chi connectivity index (χ2v) is 7.05. The fraction of sp³-hybridized carbons (Fsp3) is 0.500. The SMILES string of the molecule is CCN(CC1CC1)S(=O)(=O)c1cc(Cl)cc(N)c1F. The van der Waals surface area contributed by atoms with E-state index in [0.29, 0.717) is 19.0 Å². The predicted octanol–water partition coefficient (Wildman–Crippen LogP) is 2.48. The molecule has 19 heavy (non-hydrogen) atoms. The van der Waals surface area contributed by atoms with Crippen molar-refractivity contribution in [3.05, 3.63) is 23.0 Å². The van der Waals surface area contributed by atoms with Crippen LogP contribution < -0.4 is 5.73 Å². The van der Waals surface area contributed by atoms with E-state index in [-0.39, 0.29) is 10.7 Å². The molecule has 7 heteroatoms. The molecule has 0 aromatic heterocycles. The quantitative estimate of drug-likeness (QED) is 0.850. The van der Waals surface area contributed by atoms with Crippen molar-refractivity contribution in [2.24, 2.45) is 5.92 Å². The summed E-state index contributed by atoms with van der Waals surface area (Å²) < 4.78 is 40.1. The van der Waals surface area contributed by atoms with Gasteiger partial charge in [-0.15, -0.1) is 0 Å². The Kier molecular flexibility index (Phi) is 4.03. The van der Waals surface area contributed by atoms with E-state index in [9.17, 15) is 12.8 Å². The third-order valence-corrected chi connectivity index (χ3v) is 5.32. The fourth-order valence-electron chi connectivity index (χ4n) is 1.90. The Morgan fingerprint density at radius 2 is 2.11 bits per heavy atom. The number of anilines is 1. The Morgan fingerprint density at radius 3 is 2.63 bits per heavy atom. The normalized spacial score (nSPS) is 16.0. The molecule has 0 bridgehead atoms. The number of nitrogens with zero attached hydrogens (tertiary/aromatic N) is 1. The Balaban J connectivity index is 2.42. The van der Waals surface area contributed by atoms with Gasteiger partial charge in [-0.25, -0.2) is 12.8 Å². The molecular formula is C12H16ClFN2O2S. The monoisotopic (exact) mass is 306 g/mol. The lowest BCUT2D eigenvalue weighted by atomic mass is 10.3. The number of sulfonamides is 1. The van der Waals surface area contributed by atoms with Crippen LogP contribution in [0.2, 0.25) is 5.02 Å². The van der Waals surface area contributed by atoms with Gasteiger partial charge in [0.25, 0.3) is 0 Å². The third-order valence-electron chi connectivity index (χ3n) is 3.16. The summed E-state index contributed by atoms with van der Waals surface area (Å²) in [5, 5.41) is 0.111. The first kappa shape index (κ1) is 14.6. The van der Waals surface area contributed by atoms with Crippen LogP contribution >= 0.6 is 11.6 Å². The molecule has 0 radical (unpaired) electrons. The average molecular weight is 307 g/mol. The molecule has 2 rings (SSSR count). The van der Waals surface area contributed by atoms with E-state index in [4.69, 9.17) is 17.3 Å². The van der Waals surface area contributed by atoms with Crippen LogP contribution in [0.15, 0.2) is 17.0 Å². The summed E-state index contributed by atoms with van der Waals surface area (Å²) in [6.07, 6.45) is 2.04. The molecule has 106 valence electrons. The summed E-state index contributed by atoms with van der Waals surface area (Å²) in [5.74, 6) is -0.548. The van der Waals surface area contributed by atoms with Crippen molar-refractivity contribution in [1.29, 1.82) is 0 Å². The third kappa shape index (κ3) is 3.01. The van der Waals surface area contributed by atoms with Crippen LogP contribution in [0.1, 0.15) is 19.8 Å². The molecule has 1 aliphatic carbocycles. The van der Waals surface area contributed by atoms with Crippen molar-refractivity contribution in [2.45, 2.75) is 24.7 Å². The highest BCUT2D eigenvalue weighted by Crippen LogP contribution is 2.33. The second kappa shape index (κ2) is 5.26. The van der Waals surface area contributed by atoms with E-state index in [0.717, 1.165) is 18.9 Å². The van der Waals surface area contributed by atoms with Crippen LogP contribution in [0.3, 0.4) is 0 Å². The van der Waals surface area contributed by atoms with Crippen molar-refractivity contribution in [3.8, 4) is 0 Å². The number of nitrogen functional groups attached to an aromatic ring is 1. The molecular weight excluding hydrogens is 291 g/mol. The van der Waals surface area contributed by atoms with E-state index in [1.54, 1.807) is 6.92 Å². The number of nitrogens with two attached hydrogens (primary N) is 1. The Morgan fingerprint density at radius 1 is 1.47 bits per heavy atom. The van der Waals surface area contributed by atoms with Gasteiger partial charge >= 0.3 is 0 Å². The molecule has 0 aliphatic heterocycles. The topological polar surface area (TPSA) is 63.4 Å². The average Bonchev–Trinajstić information content (AvgIpc) is 3.14. The van der Waals surface area contributed by atoms with E-state index < -0.39 is 20.7 Å². The highest BCUT2D eigenvalue weighted by atomic mass is 35.5. The van der Waals surface area contributed by atoms with E-state index in [1.807, 2.05) is 0 Å². The minimum atomic E-state index is -3.89. The zero-order valence-electron chi connectivity index (χ0n) is 10.6. The minimum absolute atomic E-state index is 0.111. The molecule has 2 N–H and O–H groups in total. The molecule has 0 atom stereocenters. The number of benzene rings is 1. The van der Waals surface area contributed by atoms with Crippen molar-refractivity contribution in [1.82, 2.24) is 4.31 Å². The van der Waals surface area contributed by atoms with Crippen molar-refractivity contribution in [2.75, 3.05) is 18.8 Å². The van der Waals surface area contributed by atoms with Gasteiger partial charge < -0.3 is 5.73 Å². The maximum Gasteiger partial charge on any atom is 0.246 e. The Labute approximate surface area is 117 Å². The molecule has 1 fully saturated rings. The summed E-state index contributed by atoms with van der Waals surface area (Å²) in [6, 6.07) is 2.31. The molecule has 1 aromatic rings. The lowest BCUT2D eigenvalue weighted by molar-refractivity contribution is 0.408. The van der Waals surface area contributed by atoms with Crippen LogP contribution in [0, 0.1) is 11.7 Å². The standard InChI is InChI=1S/C12H16ClFN2O2S/c1-2-16(7-8-3-4-8)19(17,18)11-6-9(13)5-10(15)12(11)14/h5-6,8H,2-4,7,15H2,1H3. The van der Waals surface area contributed by atoms with Gasteiger partial charge in [0.15, 0.2) is 5.82 Å². The minimum Gasteiger partial charge on any atom is -0.396 e. The lowest BCUT2D eigenvalue weighted by Crippen LogP contribution is -2.33. The van der Waals surface area contributed by atoms with Crippen molar-refractivity contribution < 1.29 is 12.8 Å². The first-order chi connectivity index (χ1) is 8.86. The van der Waals surface area contributed by atoms with Gasteiger partial charge in [-0.05, 0) is 30.9 Å². The largest absolute Gasteiger partial charge is 0.396 e. The first-order valence-electron chi connectivity index (χ1n) is 6.11. The smallest absolute Gasteiger partial charge is 0.246 e. The van der Waals surface area contributed by atoms with Gasteiger partial charge in [0, 0.05) is 18.1 Å². The summed E-state index contributed by atoms with van der Waals surface area (Å²) in [5.41, 5.74) is 5.17. The first-order valence-corrected chi connectivity index (χ1v) is 7.92. The van der Waals surface area contributed by atoms with Crippen LogP contribution in [0.4, 0.5) is 10.1 Å². The Bertz CT molecular complexity index is 588. The van der Waals surface area contributed by atoms with Gasteiger partial charge in [-0.2, -0.15) is 4.31 Å². The van der Waals surface area contributed by atoms with Gasteiger partial charge in [0.1, 0.15) is 4.90 Å². The Hall–Kier alpha value is -0.850. The van der Waals surface area contributed by atoms with Crippen molar-refractivity contribution in [3.63, 3.8) is 0 Å². The highest BCUT2D eigenvalue weighted by Gasteiger charge is 2.32.